The molecule has 0 N–H and O–H groups in total. The quantitative estimate of drug-likeness (QED) is 0.581. The molecule has 1 saturated carbocycles. The first-order valence-electron chi connectivity index (χ1n) is 10.7. The van der Waals surface area contributed by atoms with E-state index in [-0.39, 0.29) is 4.90 Å². The van der Waals surface area contributed by atoms with Gasteiger partial charge in [0.2, 0.25) is 0 Å². The number of aromatic nitrogens is 2. The summed E-state index contributed by atoms with van der Waals surface area (Å²) in [4.78, 5) is 5.08. The van der Waals surface area contributed by atoms with Gasteiger partial charge in [0.05, 0.1) is 16.1 Å². The first-order chi connectivity index (χ1) is 14.5. The van der Waals surface area contributed by atoms with Crippen LogP contribution in [0, 0.1) is 6.92 Å². The van der Waals surface area contributed by atoms with Crippen LogP contribution >= 0.6 is 0 Å². The Morgan fingerprint density at radius 2 is 1.71 bits per heavy atom. The summed E-state index contributed by atoms with van der Waals surface area (Å²) in [7, 11) is -4.37. The van der Waals surface area contributed by atoms with Gasteiger partial charge in [0, 0.05) is 23.2 Å². The summed E-state index contributed by atoms with van der Waals surface area (Å²) in [6.07, 6.45) is 3.71. The Morgan fingerprint density at radius 1 is 1.06 bits per heavy atom. The lowest BCUT2D eigenvalue weighted by molar-refractivity contribution is 0.00578. The summed E-state index contributed by atoms with van der Waals surface area (Å²) < 4.78 is 41.0. The zero-order valence-electron chi connectivity index (χ0n) is 18.5. The number of rotatable bonds is 4. The fourth-order valence-electron chi connectivity index (χ4n) is 4.03. The molecule has 0 bridgehead atoms. The van der Waals surface area contributed by atoms with E-state index in [2.05, 4.69) is 0 Å². The summed E-state index contributed by atoms with van der Waals surface area (Å²) in [5, 5.41) is 0.736. The van der Waals surface area contributed by atoms with Crippen LogP contribution in [0.2, 0.25) is 0 Å². The molecule has 3 aromatic rings. The van der Waals surface area contributed by atoms with E-state index in [0.29, 0.717) is 17.1 Å². The van der Waals surface area contributed by atoms with Crippen molar-refractivity contribution in [2.24, 2.45) is 0 Å². The summed E-state index contributed by atoms with van der Waals surface area (Å²) in [5.41, 5.74) is 1.90. The monoisotopic (exact) mass is 438 g/mol. The fraction of sp³-hybridized carbons (Fsp3) is 0.435. The van der Waals surface area contributed by atoms with Crippen molar-refractivity contribution in [2.45, 2.75) is 69.5 Å². The molecular formula is C23H27BN2O4S. The van der Waals surface area contributed by atoms with Crippen molar-refractivity contribution < 1.29 is 17.7 Å². The van der Waals surface area contributed by atoms with Crippen molar-refractivity contribution in [3.8, 4) is 0 Å². The molecule has 0 atom stereocenters. The average Bonchev–Trinajstić information content (AvgIpc) is 3.40. The molecule has 8 heteroatoms. The third-order valence-corrected chi connectivity index (χ3v) is 8.64. The minimum atomic E-state index is -3.79. The SMILES string of the molecule is Cc1ccccc1S(=O)(=O)n1ccc2c(B3OC(C)(C)C(C)(C)O3)cc(C3CC3)nc21. The molecular weight excluding hydrogens is 411 g/mol. The van der Waals surface area contributed by atoms with Crippen LogP contribution in [0.5, 0.6) is 0 Å². The third kappa shape index (κ3) is 3.23. The zero-order chi connectivity index (χ0) is 22.2. The summed E-state index contributed by atoms with van der Waals surface area (Å²) in [6, 6.07) is 10.8. The zero-order valence-corrected chi connectivity index (χ0v) is 19.4. The molecule has 1 aromatic carbocycles. The fourth-order valence-corrected chi connectivity index (χ4v) is 5.56. The van der Waals surface area contributed by atoms with Gasteiger partial charge in [0.1, 0.15) is 0 Å². The van der Waals surface area contributed by atoms with E-state index in [1.54, 1.807) is 37.4 Å². The Balaban J connectivity index is 1.70. The number of nitrogens with zero attached hydrogens (tertiary/aromatic N) is 2. The number of hydrogen-bond acceptors (Lipinski definition) is 5. The maximum absolute atomic E-state index is 13.5. The van der Waals surface area contributed by atoms with Gasteiger partial charge in [-0.2, -0.15) is 0 Å². The predicted octanol–water partition coefficient (Wildman–Crippen LogP) is 3.76. The molecule has 31 heavy (non-hydrogen) atoms. The summed E-state index contributed by atoms with van der Waals surface area (Å²) >= 11 is 0. The molecule has 6 nitrogen and oxygen atoms in total. The van der Waals surface area contributed by atoms with Crippen molar-refractivity contribution >= 4 is 33.6 Å². The molecule has 0 spiro atoms. The van der Waals surface area contributed by atoms with Gasteiger partial charge in [-0.25, -0.2) is 17.4 Å². The Bertz CT molecular complexity index is 1280. The van der Waals surface area contributed by atoms with Crippen LogP contribution in [0.15, 0.2) is 47.5 Å². The Kier molecular flexibility index (Phi) is 4.46. The summed E-state index contributed by atoms with van der Waals surface area (Å²) in [5.74, 6) is 0.357. The van der Waals surface area contributed by atoms with Crippen LogP contribution in [0.4, 0.5) is 0 Å². The molecule has 1 aliphatic heterocycles. The Labute approximate surface area is 183 Å². The van der Waals surface area contributed by atoms with E-state index < -0.39 is 28.3 Å². The van der Waals surface area contributed by atoms with Crippen LogP contribution in [0.3, 0.4) is 0 Å². The number of benzene rings is 1. The highest BCUT2D eigenvalue weighted by Gasteiger charge is 2.52. The predicted molar refractivity (Wildman–Crippen MR) is 121 cm³/mol. The first-order valence-corrected chi connectivity index (χ1v) is 12.1. The number of pyridine rings is 1. The average molecular weight is 438 g/mol. The summed E-state index contributed by atoms with van der Waals surface area (Å²) in [6.45, 7) is 9.86. The van der Waals surface area contributed by atoms with Crippen LogP contribution < -0.4 is 5.46 Å². The maximum atomic E-state index is 13.5. The van der Waals surface area contributed by atoms with Crippen molar-refractivity contribution in [1.29, 1.82) is 0 Å². The standard InChI is InChI=1S/C23H27BN2O4S/c1-15-8-6-7-9-20(15)31(27,28)26-13-12-17-18(14-19(16-10-11-16)25-21(17)26)24-29-22(2,3)23(4,5)30-24/h6-9,12-14,16H,10-11H2,1-5H3. The molecule has 0 unspecified atom stereocenters. The van der Waals surface area contributed by atoms with E-state index in [0.717, 1.165) is 29.4 Å². The number of hydrogen-bond donors (Lipinski definition) is 0. The van der Waals surface area contributed by atoms with Gasteiger partial charge in [-0.05, 0) is 76.7 Å². The molecule has 1 saturated heterocycles. The van der Waals surface area contributed by atoms with Crippen molar-refractivity contribution in [2.75, 3.05) is 0 Å². The minimum absolute atomic E-state index is 0.281. The second-order valence-corrected chi connectivity index (χ2v) is 11.4. The third-order valence-electron chi connectivity index (χ3n) is 6.81. The number of fused-ring (bicyclic) bond motifs is 1. The van der Waals surface area contributed by atoms with Gasteiger partial charge in [-0.1, -0.05) is 18.2 Å². The Morgan fingerprint density at radius 3 is 2.32 bits per heavy atom. The topological polar surface area (TPSA) is 70.4 Å². The largest absolute Gasteiger partial charge is 0.495 e. The molecule has 2 aliphatic rings. The number of aryl methyl sites for hydroxylation is 1. The normalized spacial score (nSPS) is 20.5. The van der Waals surface area contributed by atoms with E-state index in [4.69, 9.17) is 14.3 Å². The van der Waals surface area contributed by atoms with Crippen molar-refractivity contribution in [3.05, 3.63) is 53.9 Å². The van der Waals surface area contributed by atoms with E-state index in [9.17, 15) is 8.42 Å². The first kappa shape index (κ1) is 20.7. The molecule has 0 amide bonds. The van der Waals surface area contributed by atoms with Crippen molar-refractivity contribution in [3.63, 3.8) is 0 Å². The van der Waals surface area contributed by atoms with Crippen molar-refractivity contribution in [1.82, 2.24) is 8.96 Å². The van der Waals surface area contributed by atoms with Crippen LogP contribution in [0.25, 0.3) is 11.0 Å². The van der Waals surface area contributed by atoms with Gasteiger partial charge >= 0.3 is 7.12 Å². The molecule has 0 radical (unpaired) electrons. The van der Waals surface area contributed by atoms with Gasteiger partial charge in [-0.15, -0.1) is 0 Å². The maximum Gasteiger partial charge on any atom is 0.495 e. The van der Waals surface area contributed by atoms with Crippen LogP contribution in [0.1, 0.15) is 57.7 Å². The highest BCUT2D eigenvalue weighted by atomic mass is 32.2. The molecule has 2 aromatic heterocycles. The van der Waals surface area contributed by atoms with Gasteiger partial charge in [0.25, 0.3) is 10.0 Å². The highest BCUT2D eigenvalue weighted by molar-refractivity contribution is 7.90. The molecule has 162 valence electrons. The van der Waals surface area contributed by atoms with Gasteiger partial charge < -0.3 is 9.31 Å². The van der Waals surface area contributed by atoms with Gasteiger partial charge in [-0.3, -0.25) is 0 Å². The van der Waals surface area contributed by atoms with Gasteiger partial charge in [0.15, 0.2) is 5.65 Å². The lowest BCUT2D eigenvalue weighted by Gasteiger charge is -2.32. The molecule has 3 heterocycles. The second-order valence-electron chi connectivity index (χ2n) is 9.62. The molecule has 1 aliphatic carbocycles. The van der Waals surface area contributed by atoms with Crippen LogP contribution in [-0.2, 0) is 19.3 Å². The minimum Gasteiger partial charge on any atom is -0.399 e. The lowest BCUT2D eigenvalue weighted by atomic mass is 9.77. The van der Waals surface area contributed by atoms with E-state index in [1.807, 2.05) is 39.8 Å². The second kappa shape index (κ2) is 6.67. The Hall–Kier alpha value is -2.16. The van der Waals surface area contributed by atoms with E-state index >= 15 is 0 Å². The molecule has 2 fully saturated rings. The van der Waals surface area contributed by atoms with Crippen LogP contribution in [-0.4, -0.2) is 35.7 Å². The van der Waals surface area contributed by atoms with E-state index in [1.165, 1.54) is 3.97 Å². The highest BCUT2D eigenvalue weighted by Crippen LogP contribution is 2.41. The molecule has 5 rings (SSSR count). The lowest BCUT2D eigenvalue weighted by Crippen LogP contribution is -2.41. The smallest absolute Gasteiger partial charge is 0.399 e.